The molecule has 1 amide bonds. The predicted molar refractivity (Wildman–Crippen MR) is 126 cm³/mol. The molecule has 0 atom stereocenters. The predicted octanol–water partition coefficient (Wildman–Crippen LogP) is 6.89. The minimum absolute atomic E-state index is 0.0638. The number of benzene rings is 3. The molecule has 0 saturated heterocycles. The van der Waals surface area contributed by atoms with Gasteiger partial charge in [0.05, 0.1) is 12.2 Å². The largest absolute Gasteiger partial charge is 0.494 e. The van der Waals surface area contributed by atoms with Gasteiger partial charge in [0.25, 0.3) is 5.91 Å². The van der Waals surface area contributed by atoms with Gasteiger partial charge in [-0.2, -0.15) is 18.4 Å². The molecule has 0 aliphatic rings. The van der Waals surface area contributed by atoms with Crippen molar-refractivity contribution in [2.45, 2.75) is 19.5 Å². The number of nitriles is 1. The Bertz CT molecular complexity index is 1260. The third-order valence-electron chi connectivity index (χ3n) is 4.85. The number of ether oxygens (including phenoxy) is 1. The van der Waals surface area contributed by atoms with E-state index in [1.165, 1.54) is 18.2 Å². The van der Waals surface area contributed by atoms with Gasteiger partial charge in [0.2, 0.25) is 0 Å². The van der Waals surface area contributed by atoms with Crippen molar-refractivity contribution in [3.05, 3.63) is 99.6 Å². The molecule has 0 bridgehead atoms. The second-order valence-electron chi connectivity index (χ2n) is 7.27. The Morgan fingerprint density at radius 1 is 1.09 bits per heavy atom. The van der Waals surface area contributed by atoms with Gasteiger partial charge in [0.15, 0.2) is 0 Å². The minimum Gasteiger partial charge on any atom is -0.494 e. The zero-order chi connectivity index (χ0) is 24.7. The van der Waals surface area contributed by atoms with E-state index >= 15 is 0 Å². The number of nitrogens with one attached hydrogen (secondary N) is 1. The van der Waals surface area contributed by atoms with Crippen LogP contribution in [0, 0.1) is 11.3 Å². The molecule has 0 saturated carbocycles. The third kappa shape index (κ3) is 6.40. The molecule has 0 spiro atoms. The highest BCUT2D eigenvalue weighted by Crippen LogP contribution is 2.31. The monoisotopic (exact) mass is 484 g/mol. The highest BCUT2D eigenvalue weighted by molar-refractivity contribution is 6.31. The Hall–Kier alpha value is -3.76. The van der Waals surface area contributed by atoms with E-state index in [1.807, 2.05) is 31.2 Å². The lowest BCUT2D eigenvalue weighted by molar-refractivity contribution is -0.137. The van der Waals surface area contributed by atoms with Crippen molar-refractivity contribution in [1.29, 1.82) is 5.26 Å². The molecule has 3 aromatic rings. The van der Waals surface area contributed by atoms with Crippen LogP contribution in [0.2, 0.25) is 5.02 Å². The summed E-state index contributed by atoms with van der Waals surface area (Å²) in [6.07, 6.45) is -2.67. The average molecular weight is 485 g/mol. The maximum Gasteiger partial charge on any atom is 0.416 e. The van der Waals surface area contributed by atoms with Crippen LogP contribution in [0.5, 0.6) is 5.75 Å². The number of anilines is 1. The smallest absolute Gasteiger partial charge is 0.416 e. The van der Waals surface area contributed by atoms with Gasteiger partial charge < -0.3 is 10.1 Å². The quantitative estimate of drug-likeness (QED) is 0.293. The Morgan fingerprint density at radius 2 is 1.85 bits per heavy atom. The van der Waals surface area contributed by atoms with E-state index in [0.717, 1.165) is 23.3 Å². The number of halogens is 4. The molecule has 0 radical (unpaired) electrons. The number of amides is 1. The van der Waals surface area contributed by atoms with Gasteiger partial charge in [-0.1, -0.05) is 48.0 Å². The normalized spacial score (nSPS) is 11.6. The lowest BCUT2D eigenvalue weighted by Crippen LogP contribution is -2.14. The third-order valence-corrected chi connectivity index (χ3v) is 5.22. The number of hydrogen-bond donors (Lipinski definition) is 1. The summed E-state index contributed by atoms with van der Waals surface area (Å²) in [5.74, 6) is -0.244. The molecule has 0 unspecified atom stereocenters. The topological polar surface area (TPSA) is 62.1 Å². The van der Waals surface area contributed by atoms with E-state index in [9.17, 15) is 23.2 Å². The number of rotatable bonds is 7. The van der Waals surface area contributed by atoms with Crippen molar-refractivity contribution in [2.75, 3.05) is 11.9 Å². The first-order chi connectivity index (χ1) is 16.2. The van der Waals surface area contributed by atoms with Gasteiger partial charge in [0.1, 0.15) is 17.4 Å². The van der Waals surface area contributed by atoms with Crippen molar-refractivity contribution in [1.82, 2.24) is 0 Å². The van der Waals surface area contributed by atoms with Gasteiger partial charge in [-0.05, 0) is 60.0 Å². The second-order valence-corrected chi connectivity index (χ2v) is 7.68. The molecule has 1 N–H and O–H groups in total. The van der Waals surface area contributed by atoms with Crippen LogP contribution in [0.1, 0.15) is 29.2 Å². The summed E-state index contributed by atoms with van der Waals surface area (Å²) in [7, 11) is 0. The number of carbonyl (C=O) groups is 1. The Balaban J connectivity index is 1.85. The molecule has 0 aliphatic carbocycles. The number of alkyl halides is 3. The molecule has 0 aliphatic heterocycles. The fourth-order valence-electron chi connectivity index (χ4n) is 3.23. The fourth-order valence-corrected chi connectivity index (χ4v) is 3.43. The Kier molecular flexibility index (Phi) is 7.98. The minimum atomic E-state index is -4.55. The van der Waals surface area contributed by atoms with Gasteiger partial charge >= 0.3 is 6.18 Å². The number of hydrogen-bond acceptors (Lipinski definition) is 3. The zero-order valence-electron chi connectivity index (χ0n) is 18.1. The Morgan fingerprint density at radius 3 is 2.53 bits per heavy atom. The summed E-state index contributed by atoms with van der Waals surface area (Å²) in [4.78, 5) is 12.5. The van der Waals surface area contributed by atoms with Crippen LogP contribution >= 0.6 is 11.6 Å². The highest BCUT2D eigenvalue weighted by Gasteiger charge is 2.30. The first-order valence-electron chi connectivity index (χ1n) is 10.3. The van der Waals surface area contributed by atoms with Crippen molar-refractivity contribution in [3.63, 3.8) is 0 Å². The van der Waals surface area contributed by atoms with Crippen LogP contribution in [0.3, 0.4) is 0 Å². The maximum atomic E-state index is 12.9. The lowest BCUT2D eigenvalue weighted by atomic mass is 10.0. The molecule has 0 heterocycles. The molecule has 34 heavy (non-hydrogen) atoms. The van der Waals surface area contributed by atoms with Crippen molar-refractivity contribution >= 4 is 29.3 Å². The Labute approximate surface area is 200 Å². The standard InChI is InChI=1S/C26H20ClF3N2O2/c1-2-34-24-13-17(10-11-19(24)14-18-6-3-4-9-23(18)27)12-20(16-31)25(33)32-22-8-5-7-21(15-22)26(28,29)30/h3-13,15H,2,14H2,1H3,(H,32,33)/b20-12+. The van der Waals surface area contributed by atoms with Crippen LogP contribution in [0.4, 0.5) is 18.9 Å². The first-order valence-corrected chi connectivity index (χ1v) is 10.7. The van der Waals surface area contributed by atoms with E-state index in [2.05, 4.69) is 5.32 Å². The van der Waals surface area contributed by atoms with Gasteiger partial charge in [0, 0.05) is 17.1 Å². The SMILES string of the molecule is CCOc1cc(/C=C(\C#N)C(=O)Nc2cccc(C(F)(F)F)c2)ccc1Cc1ccccc1Cl. The van der Waals surface area contributed by atoms with Crippen LogP contribution in [0.15, 0.2) is 72.3 Å². The molecule has 3 rings (SSSR count). The van der Waals surface area contributed by atoms with Crippen LogP contribution < -0.4 is 10.1 Å². The summed E-state index contributed by atoms with van der Waals surface area (Å²) >= 11 is 6.27. The molecule has 4 nitrogen and oxygen atoms in total. The summed E-state index contributed by atoms with van der Waals surface area (Å²) < 4.78 is 44.5. The second kappa shape index (κ2) is 10.9. The molecule has 3 aromatic carbocycles. The van der Waals surface area contributed by atoms with Crippen molar-refractivity contribution in [2.24, 2.45) is 0 Å². The summed E-state index contributed by atoms with van der Waals surface area (Å²) in [6, 6.07) is 18.7. The summed E-state index contributed by atoms with van der Waals surface area (Å²) in [5, 5.41) is 12.4. The van der Waals surface area contributed by atoms with Crippen LogP contribution in [-0.2, 0) is 17.4 Å². The van der Waals surface area contributed by atoms with Crippen LogP contribution in [0.25, 0.3) is 6.08 Å². The van der Waals surface area contributed by atoms with E-state index in [-0.39, 0.29) is 11.3 Å². The van der Waals surface area contributed by atoms with Crippen molar-refractivity contribution in [3.8, 4) is 11.8 Å². The lowest BCUT2D eigenvalue weighted by Gasteiger charge is -2.12. The molecule has 0 fully saturated rings. The molecule has 0 aromatic heterocycles. The van der Waals surface area contributed by atoms with E-state index in [1.54, 1.807) is 24.3 Å². The highest BCUT2D eigenvalue weighted by atomic mass is 35.5. The molecule has 174 valence electrons. The maximum absolute atomic E-state index is 12.9. The average Bonchev–Trinajstić information content (AvgIpc) is 2.80. The summed E-state index contributed by atoms with van der Waals surface area (Å²) in [5.41, 5.74) is 1.10. The first kappa shape index (κ1) is 24.9. The van der Waals surface area contributed by atoms with Gasteiger partial charge in [-0.3, -0.25) is 4.79 Å². The van der Waals surface area contributed by atoms with E-state index < -0.39 is 17.6 Å². The number of carbonyl (C=O) groups excluding carboxylic acids is 1. The van der Waals surface area contributed by atoms with Gasteiger partial charge in [-0.25, -0.2) is 0 Å². The zero-order valence-corrected chi connectivity index (χ0v) is 18.9. The van der Waals surface area contributed by atoms with Gasteiger partial charge in [-0.15, -0.1) is 0 Å². The fraction of sp³-hybridized carbons (Fsp3) is 0.154. The van der Waals surface area contributed by atoms with Crippen molar-refractivity contribution < 1.29 is 22.7 Å². The number of nitrogens with zero attached hydrogens (tertiary/aromatic N) is 1. The molecular formula is C26H20ClF3N2O2. The van der Waals surface area contributed by atoms with E-state index in [4.69, 9.17) is 16.3 Å². The molecular weight excluding hydrogens is 465 g/mol. The van der Waals surface area contributed by atoms with E-state index in [0.29, 0.717) is 29.4 Å². The molecule has 8 heteroatoms. The van der Waals surface area contributed by atoms with Crippen LogP contribution in [-0.4, -0.2) is 12.5 Å². The summed E-state index contributed by atoms with van der Waals surface area (Å²) in [6.45, 7) is 2.24.